The fourth-order valence-corrected chi connectivity index (χ4v) is 2.80. The van der Waals surface area contributed by atoms with Gasteiger partial charge in [-0.25, -0.2) is 9.97 Å². The zero-order valence-corrected chi connectivity index (χ0v) is 13.7. The molecule has 1 aliphatic heterocycles. The maximum absolute atomic E-state index is 12.7. The van der Waals surface area contributed by atoms with Crippen LogP contribution in [0.1, 0.15) is 29.4 Å². The van der Waals surface area contributed by atoms with Gasteiger partial charge in [-0.1, -0.05) is 30.3 Å². The second-order valence-electron chi connectivity index (χ2n) is 5.70. The second kappa shape index (κ2) is 7.21. The molecule has 2 aromatic rings. The minimum absolute atomic E-state index is 0.0759. The molecule has 0 spiro atoms. The monoisotopic (exact) mass is 324 g/mol. The van der Waals surface area contributed by atoms with Crippen LogP contribution in [-0.2, 0) is 11.2 Å². The minimum Gasteiger partial charge on any atom is -0.355 e. The number of fused-ring (bicyclic) bond motifs is 1. The Hall–Kier alpha value is -2.76. The Morgan fingerprint density at radius 1 is 1.29 bits per heavy atom. The highest BCUT2D eigenvalue weighted by molar-refractivity contribution is 5.97. The quantitative estimate of drug-likeness (QED) is 0.928. The zero-order chi connectivity index (χ0) is 16.9. The van der Waals surface area contributed by atoms with Gasteiger partial charge in [-0.3, -0.25) is 9.59 Å². The lowest BCUT2D eigenvalue weighted by Gasteiger charge is -2.19. The van der Waals surface area contributed by atoms with Gasteiger partial charge in [-0.15, -0.1) is 0 Å². The van der Waals surface area contributed by atoms with E-state index in [1.807, 2.05) is 37.3 Å². The van der Waals surface area contributed by atoms with E-state index in [9.17, 15) is 9.59 Å². The Morgan fingerprint density at radius 3 is 2.83 bits per heavy atom. The van der Waals surface area contributed by atoms with Crippen LogP contribution in [-0.4, -0.2) is 46.3 Å². The SMILES string of the molecule is CCNC(=O)CN1CCCc2nc(-c3ccccc3)ncc2C1=O. The van der Waals surface area contributed by atoms with E-state index in [0.717, 1.165) is 17.7 Å². The van der Waals surface area contributed by atoms with Crippen molar-refractivity contribution in [2.75, 3.05) is 19.6 Å². The van der Waals surface area contributed by atoms with Crippen molar-refractivity contribution < 1.29 is 9.59 Å². The third kappa shape index (κ3) is 3.42. The number of nitrogens with one attached hydrogen (secondary N) is 1. The molecule has 1 aliphatic rings. The summed E-state index contributed by atoms with van der Waals surface area (Å²) >= 11 is 0. The van der Waals surface area contributed by atoms with E-state index in [4.69, 9.17) is 0 Å². The van der Waals surface area contributed by atoms with Crippen LogP contribution < -0.4 is 5.32 Å². The first-order valence-corrected chi connectivity index (χ1v) is 8.16. The number of aromatic nitrogens is 2. The third-order valence-corrected chi connectivity index (χ3v) is 3.97. The normalized spacial score (nSPS) is 14.0. The van der Waals surface area contributed by atoms with Crippen LogP contribution in [0.3, 0.4) is 0 Å². The van der Waals surface area contributed by atoms with Crippen molar-refractivity contribution >= 4 is 11.8 Å². The summed E-state index contributed by atoms with van der Waals surface area (Å²) in [6, 6.07) is 9.70. The van der Waals surface area contributed by atoms with E-state index < -0.39 is 0 Å². The van der Waals surface area contributed by atoms with E-state index in [2.05, 4.69) is 15.3 Å². The molecule has 24 heavy (non-hydrogen) atoms. The van der Waals surface area contributed by atoms with E-state index in [0.29, 0.717) is 30.9 Å². The van der Waals surface area contributed by atoms with Crippen molar-refractivity contribution in [3.8, 4) is 11.4 Å². The molecule has 1 N–H and O–H groups in total. The summed E-state index contributed by atoms with van der Waals surface area (Å²) in [5.41, 5.74) is 2.18. The van der Waals surface area contributed by atoms with Gasteiger partial charge in [0.1, 0.15) is 0 Å². The van der Waals surface area contributed by atoms with Crippen molar-refractivity contribution in [2.24, 2.45) is 0 Å². The summed E-state index contributed by atoms with van der Waals surface area (Å²) in [6.07, 6.45) is 3.07. The van der Waals surface area contributed by atoms with Gasteiger partial charge in [-0.2, -0.15) is 0 Å². The molecule has 0 radical (unpaired) electrons. The molecular weight excluding hydrogens is 304 g/mol. The average molecular weight is 324 g/mol. The van der Waals surface area contributed by atoms with Crippen molar-refractivity contribution in [3.63, 3.8) is 0 Å². The molecule has 124 valence electrons. The molecule has 0 aliphatic carbocycles. The highest BCUT2D eigenvalue weighted by Gasteiger charge is 2.25. The van der Waals surface area contributed by atoms with E-state index >= 15 is 0 Å². The predicted molar refractivity (Wildman–Crippen MR) is 90.4 cm³/mol. The number of carbonyl (C=O) groups is 2. The smallest absolute Gasteiger partial charge is 0.257 e. The fraction of sp³-hybridized carbons (Fsp3) is 0.333. The molecule has 0 unspecified atom stereocenters. The first-order chi connectivity index (χ1) is 11.7. The lowest BCUT2D eigenvalue weighted by molar-refractivity contribution is -0.121. The van der Waals surface area contributed by atoms with Gasteiger partial charge >= 0.3 is 0 Å². The maximum Gasteiger partial charge on any atom is 0.257 e. The third-order valence-electron chi connectivity index (χ3n) is 3.97. The Kier molecular flexibility index (Phi) is 4.84. The van der Waals surface area contributed by atoms with Crippen LogP contribution >= 0.6 is 0 Å². The van der Waals surface area contributed by atoms with Gasteiger partial charge in [0.25, 0.3) is 5.91 Å². The Labute approximate surface area is 140 Å². The van der Waals surface area contributed by atoms with E-state index in [1.54, 1.807) is 11.1 Å². The predicted octanol–water partition coefficient (Wildman–Crippen LogP) is 1.67. The molecule has 6 nitrogen and oxygen atoms in total. The lowest BCUT2D eigenvalue weighted by atomic mass is 10.1. The van der Waals surface area contributed by atoms with Crippen molar-refractivity contribution in [1.82, 2.24) is 20.2 Å². The number of nitrogens with zero attached hydrogens (tertiary/aromatic N) is 3. The first kappa shape index (κ1) is 16.1. The van der Waals surface area contributed by atoms with E-state index in [1.165, 1.54) is 0 Å². The van der Waals surface area contributed by atoms with Gasteiger partial charge in [0.15, 0.2) is 5.82 Å². The number of amides is 2. The lowest BCUT2D eigenvalue weighted by Crippen LogP contribution is -2.40. The van der Waals surface area contributed by atoms with Crippen molar-refractivity contribution in [3.05, 3.63) is 47.8 Å². The fourth-order valence-electron chi connectivity index (χ4n) is 2.80. The Morgan fingerprint density at radius 2 is 2.08 bits per heavy atom. The van der Waals surface area contributed by atoms with Crippen LogP contribution in [0.2, 0.25) is 0 Å². The van der Waals surface area contributed by atoms with E-state index in [-0.39, 0.29) is 18.4 Å². The second-order valence-corrected chi connectivity index (χ2v) is 5.70. The molecule has 6 heteroatoms. The molecule has 2 heterocycles. The molecule has 0 bridgehead atoms. The van der Waals surface area contributed by atoms with Gasteiger partial charge in [0.2, 0.25) is 5.91 Å². The van der Waals surface area contributed by atoms with Gasteiger partial charge in [-0.05, 0) is 19.8 Å². The summed E-state index contributed by atoms with van der Waals surface area (Å²) in [5, 5.41) is 2.72. The maximum atomic E-state index is 12.7. The highest BCUT2D eigenvalue weighted by Crippen LogP contribution is 2.20. The molecule has 1 aromatic carbocycles. The summed E-state index contributed by atoms with van der Waals surface area (Å²) in [6.45, 7) is 3.04. The molecule has 3 rings (SSSR count). The number of likely N-dealkylation sites (N-methyl/N-ethyl adjacent to an activating group) is 1. The standard InChI is InChI=1S/C18H20N4O2/c1-2-19-16(23)12-22-10-6-9-15-14(18(22)24)11-20-17(21-15)13-7-4-3-5-8-13/h3-5,7-8,11H,2,6,9-10,12H2,1H3,(H,19,23). The topological polar surface area (TPSA) is 75.2 Å². The Bertz CT molecular complexity index is 746. The average Bonchev–Trinajstić information content (AvgIpc) is 2.75. The van der Waals surface area contributed by atoms with Gasteiger partial charge < -0.3 is 10.2 Å². The number of hydrogen-bond acceptors (Lipinski definition) is 4. The molecule has 0 atom stereocenters. The van der Waals surface area contributed by atoms with Crippen LogP contribution in [0, 0.1) is 0 Å². The van der Waals surface area contributed by atoms with Crippen LogP contribution in [0.5, 0.6) is 0 Å². The minimum atomic E-state index is -0.173. The highest BCUT2D eigenvalue weighted by atomic mass is 16.2. The van der Waals surface area contributed by atoms with Crippen molar-refractivity contribution in [1.29, 1.82) is 0 Å². The number of carbonyl (C=O) groups excluding carboxylic acids is 2. The molecule has 2 amide bonds. The van der Waals surface area contributed by atoms with Crippen LogP contribution in [0.25, 0.3) is 11.4 Å². The number of rotatable bonds is 4. The molecule has 1 aromatic heterocycles. The Balaban J connectivity index is 1.86. The molecule has 0 saturated heterocycles. The van der Waals surface area contributed by atoms with Crippen molar-refractivity contribution in [2.45, 2.75) is 19.8 Å². The molecule has 0 saturated carbocycles. The number of benzene rings is 1. The summed E-state index contributed by atoms with van der Waals surface area (Å²) in [5.74, 6) is 0.309. The largest absolute Gasteiger partial charge is 0.355 e. The van der Waals surface area contributed by atoms with Gasteiger partial charge in [0.05, 0.1) is 17.8 Å². The zero-order valence-electron chi connectivity index (χ0n) is 13.7. The first-order valence-electron chi connectivity index (χ1n) is 8.16. The number of aryl methyl sites for hydroxylation is 1. The van der Waals surface area contributed by atoms with Crippen LogP contribution in [0.15, 0.2) is 36.5 Å². The summed E-state index contributed by atoms with van der Waals surface area (Å²) in [7, 11) is 0. The molecular formula is C18H20N4O2. The summed E-state index contributed by atoms with van der Waals surface area (Å²) in [4.78, 5) is 35.0. The number of hydrogen-bond donors (Lipinski definition) is 1. The van der Waals surface area contributed by atoms with Gasteiger partial charge in [0, 0.05) is 24.8 Å². The van der Waals surface area contributed by atoms with Crippen LogP contribution in [0.4, 0.5) is 0 Å². The molecule has 0 fully saturated rings. The summed E-state index contributed by atoms with van der Waals surface area (Å²) < 4.78 is 0.